The van der Waals surface area contributed by atoms with E-state index in [0.717, 1.165) is 24.1 Å². The highest BCUT2D eigenvalue weighted by Gasteiger charge is 2.39. The second-order valence-electron chi connectivity index (χ2n) is 8.24. The molecule has 176 valence electrons. The monoisotopic (exact) mass is 449 g/mol. The topological polar surface area (TPSA) is 91.2 Å². The molecule has 1 amide bonds. The van der Waals surface area contributed by atoms with Crippen molar-refractivity contribution < 1.29 is 9.90 Å². The Labute approximate surface area is 196 Å². The molecule has 2 aromatic carbocycles. The Kier molecular flexibility index (Phi) is 9.18. The number of nitrogens with one attached hydrogen (secondary N) is 3. The molecule has 3 aromatic rings. The molecule has 7 heteroatoms. The third-order valence-electron chi connectivity index (χ3n) is 5.57. The number of nitrogens with zero attached hydrogens (tertiary/aromatic N) is 2. The number of carbonyl (C=O) groups is 1. The lowest BCUT2D eigenvalue weighted by Gasteiger charge is -2.40. The largest absolute Gasteiger partial charge is 0.388 e. The van der Waals surface area contributed by atoms with Gasteiger partial charge < -0.3 is 15.7 Å². The minimum Gasteiger partial charge on any atom is -0.388 e. The first-order valence-corrected chi connectivity index (χ1v) is 11.6. The van der Waals surface area contributed by atoms with Gasteiger partial charge in [-0.1, -0.05) is 62.4 Å². The normalized spacial score (nSPS) is 13.9. The van der Waals surface area contributed by atoms with Crippen LogP contribution >= 0.6 is 0 Å². The number of carbonyl (C=O) groups excluding carboxylic acids is 1. The third kappa shape index (κ3) is 6.99. The lowest BCUT2D eigenvalue weighted by atomic mass is 9.92. The highest BCUT2D eigenvalue weighted by Crippen LogP contribution is 2.17. The Hall–Kier alpha value is -3.00. The number of benzene rings is 2. The number of aryl methyl sites for hydroxylation is 1. The van der Waals surface area contributed by atoms with Crippen LogP contribution in [0.2, 0.25) is 0 Å². The zero-order chi connectivity index (χ0) is 23.5. The van der Waals surface area contributed by atoms with Gasteiger partial charge in [-0.05, 0) is 30.7 Å². The van der Waals surface area contributed by atoms with E-state index in [1.807, 2.05) is 72.5 Å². The van der Waals surface area contributed by atoms with Crippen molar-refractivity contribution in [2.24, 2.45) is 0 Å². The van der Waals surface area contributed by atoms with Crippen molar-refractivity contribution in [1.82, 2.24) is 25.7 Å². The molecule has 0 fully saturated rings. The second-order valence-corrected chi connectivity index (χ2v) is 8.24. The van der Waals surface area contributed by atoms with Crippen LogP contribution in [0.15, 0.2) is 73.1 Å². The van der Waals surface area contributed by atoms with Gasteiger partial charge in [-0.3, -0.25) is 14.8 Å². The summed E-state index contributed by atoms with van der Waals surface area (Å²) >= 11 is 0. The maximum atomic E-state index is 13.1. The van der Waals surface area contributed by atoms with E-state index in [9.17, 15) is 9.90 Å². The number of aliphatic hydroxyl groups is 1. The molecule has 2 atom stereocenters. The van der Waals surface area contributed by atoms with Crippen LogP contribution in [0.3, 0.4) is 0 Å². The van der Waals surface area contributed by atoms with Gasteiger partial charge in [0.1, 0.15) is 11.8 Å². The van der Waals surface area contributed by atoms with E-state index in [-0.39, 0.29) is 5.91 Å². The summed E-state index contributed by atoms with van der Waals surface area (Å²) in [4.78, 5) is 13.1. The number of rotatable bonds is 13. The van der Waals surface area contributed by atoms with Gasteiger partial charge in [-0.15, -0.1) is 0 Å². The van der Waals surface area contributed by atoms with Gasteiger partial charge in [0, 0.05) is 43.4 Å². The van der Waals surface area contributed by atoms with Crippen molar-refractivity contribution in [3.8, 4) is 0 Å². The molecule has 1 aromatic heterocycles. The molecule has 7 nitrogen and oxygen atoms in total. The molecule has 0 unspecified atom stereocenters. The summed E-state index contributed by atoms with van der Waals surface area (Å²) in [6, 6.07) is 19.0. The van der Waals surface area contributed by atoms with Gasteiger partial charge in [-0.2, -0.15) is 5.10 Å². The van der Waals surface area contributed by atoms with Crippen LogP contribution in [0.25, 0.3) is 0 Å². The van der Waals surface area contributed by atoms with Crippen molar-refractivity contribution in [2.45, 2.75) is 51.5 Å². The summed E-state index contributed by atoms with van der Waals surface area (Å²) in [6.07, 6.45) is 4.45. The molecular formula is C26H35N5O2. The molecule has 33 heavy (non-hydrogen) atoms. The Morgan fingerprint density at radius 3 is 2.42 bits per heavy atom. The smallest absolute Gasteiger partial charge is 0.252 e. The van der Waals surface area contributed by atoms with Crippen LogP contribution in [0, 0.1) is 0 Å². The Morgan fingerprint density at radius 2 is 1.76 bits per heavy atom. The van der Waals surface area contributed by atoms with E-state index >= 15 is 0 Å². The zero-order valence-corrected chi connectivity index (χ0v) is 19.5. The van der Waals surface area contributed by atoms with Crippen molar-refractivity contribution in [1.29, 1.82) is 0 Å². The van der Waals surface area contributed by atoms with E-state index in [1.54, 1.807) is 12.1 Å². The Balaban J connectivity index is 1.76. The first kappa shape index (κ1) is 24.6. The maximum absolute atomic E-state index is 13.1. The zero-order valence-electron chi connectivity index (χ0n) is 19.5. The van der Waals surface area contributed by atoms with Crippen molar-refractivity contribution in [3.63, 3.8) is 0 Å². The molecule has 0 bridgehead atoms. The summed E-state index contributed by atoms with van der Waals surface area (Å²) in [5, 5.41) is 25.5. The lowest BCUT2D eigenvalue weighted by Crippen LogP contribution is -2.69. The lowest BCUT2D eigenvalue weighted by molar-refractivity contribution is 0.0326. The predicted molar refractivity (Wildman–Crippen MR) is 131 cm³/mol. The van der Waals surface area contributed by atoms with Crippen molar-refractivity contribution in [3.05, 3.63) is 89.7 Å². The average Bonchev–Trinajstić information content (AvgIpc) is 3.28. The summed E-state index contributed by atoms with van der Waals surface area (Å²) in [6.45, 7) is 6.44. The number of aliphatic hydroxyl groups excluding tert-OH is 1. The second kappa shape index (κ2) is 12.3. The molecule has 4 N–H and O–H groups in total. The minimum absolute atomic E-state index is 0.229. The number of hydrogen-bond donors (Lipinski definition) is 4. The SMILES string of the molecule is CCCn1cc(CNC[C@@H](O)[C@@](Cc2ccccc2)(NCC)NC(=O)c2ccccc2)cn1. The van der Waals surface area contributed by atoms with Crippen LogP contribution in [-0.2, 0) is 19.5 Å². The number of aromatic nitrogens is 2. The molecule has 0 radical (unpaired) electrons. The average molecular weight is 450 g/mol. The van der Waals surface area contributed by atoms with Gasteiger partial charge in [-0.25, -0.2) is 0 Å². The van der Waals surface area contributed by atoms with Crippen LogP contribution in [0.5, 0.6) is 0 Å². The fraction of sp³-hybridized carbons (Fsp3) is 0.385. The summed E-state index contributed by atoms with van der Waals surface area (Å²) in [5.41, 5.74) is 1.59. The molecule has 0 aliphatic carbocycles. The predicted octanol–water partition coefficient (Wildman–Crippen LogP) is 2.72. The summed E-state index contributed by atoms with van der Waals surface area (Å²) in [7, 11) is 0. The van der Waals surface area contributed by atoms with Crippen LogP contribution in [0.4, 0.5) is 0 Å². The molecule has 0 aliphatic rings. The first-order chi connectivity index (χ1) is 16.1. The quantitative estimate of drug-likeness (QED) is 0.301. The molecule has 1 heterocycles. The maximum Gasteiger partial charge on any atom is 0.252 e. The fourth-order valence-corrected chi connectivity index (χ4v) is 3.94. The van der Waals surface area contributed by atoms with Gasteiger partial charge >= 0.3 is 0 Å². The van der Waals surface area contributed by atoms with Crippen molar-refractivity contribution >= 4 is 5.91 Å². The molecule has 0 saturated carbocycles. The van der Waals surface area contributed by atoms with E-state index < -0.39 is 11.8 Å². The van der Waals surface area contributed by atoms with Crippen LogP contribution in [0.1, 0.15) is 41.8 Å². The Morgan fingerprint density at radius 1 is 1.06 bits per heavy atom. The first-order valence-electron chi connectivity index (χ1n) is 11.6. The van der Waals surface area contributed by atoms with Crippen molar-refractivity contribution in [2.75, 3.05) is 13.1 Å². The number of hydrogen-bond acceptors (Lipinski definition) is 5. The highest BCUT2D eigenvalue weighted by molar-refractivity contribution is 5.94. The summed E-state index contributed by atoms with van der Waals surface area (Å²) in [5.74, 6) is -0.229. The highest BCUT2D eigenvalue weighted by atomic mass is 16.3. The Bertz CT molecular complexity index is 977. The van der Waals surface area contributed by atoms with E-state index in [0.29, 0.717) is 31.6 Å². The standard InChI is InChI=1S/C26H35N5O2/c1-3-15-31-20-22(18-29-31)17-27-19-24(32)26(28-4-2,16-21-11-7-5-8-12-21)30-25(33)23-13-9-6-10-14-23/h5-14,18,20,24,27-28,32H,3-4,15-17,19H2,1-2H3,(H,30,33)/t24-,26+/m1/s1. The van der Waals surface area contributed by atoms with E-state index in [4.69, 9.17) is 0 Å². The van der Waals surface area contributed by atoms with Gasteiger partial charge in [0.2, 0.25) is 0 Å². The molecule has 3 rings (SSSR count). The fourth-order valence-electron chi connectivity index (χ4n) is 3.94. The molecule has 0 saturated heterocycles. The van der Waals surface area contributed by atoms with Crippen LogP contribution < -0.4 is 16.0 Å². The minimum atomic E-state index is -1.04. The summed E-state index contributed by atoms with van der Waals surface area (Å²) < 4.78 is 1.92. The van der Waals surface area contributed by atoms with Gasteiger partial charge in [0.05, 0.1) is 6.20 Å². The molecular weight excluding hydrogens is 414 g/mol. The molecule has 0 aliphatic heterocycles. The third-order valence-corrected chi connectivity index (χ3v) is 5.57. The number of likely N-dealkylation sites (N-methyl/N-ethyl adjacent to an activating group) is 1. The van der Waals surface area contributed by atoms with Crippen LogP contribution in [-0.4, -0.2) is 45.7 Å². The van der Waals surface area contributed by atoms with Gasteiger partial charge in [0.15, 0.2) is 0 Å². The van der Waals surface area contributed by atoms with E-state index in [1.165, 1.54) is 0 Å². The molecule has 0 spiro atoms. The number of amides is 1. The van der Waals surface area contributed by atoms with E-state index in [2.05, 4.69) is 28.0 Å². The van der Waals surface area contributed by atoms with Gasteiger partial charge in [0.25, 0.3) is 5.91 Å².